The Hall–Kier alpha value is -1.95. The molecule has 2 fully saturated rings. The summed E-state index contributed by atoms with van der Waals surface area (Å²) in [6.45, 7) is 0.102. The average molecular weight is 336 g/mol. The summed E-state index contributed by atoms with van der Waals surface area (Å²) in [5.74, 6) is 0.509. The van der Waals surface area contributed by atoms with Gasteiger partial charge < -0.3 is 15.0 Å². The number of halogens is 2. The molecule has 1 atom stereocenters. The zero-order valence-corrected chi connectivity index (χ0v) is 13.5. The molecular formula is C18H22F2N2O2. The predicted molar refractivity (Wildman–Crippen MR) is 87.8 cm³/mol. The minimum absolute atomic E-state index is 0.105. The van der Waals surface area contributed by atoms with E-state index < -0.39 is 6.61 Å². The Morgan fingerprint density at radius 1 is 1.29 bits per heavy atom. The standard InChI is InChI=1S/C18H22F2N2O2/c19-18(20)24-16-6-1-13(2-7-16)3-8-17(23)21-11-14-9-10-22(12-14)15-4-5-15/h1-3,6-8,14-15,18H,4-5,9-12H2,(H,21,23)/b8-3+. The first-order chi connectivity index (χ1) is 11.6. The highest BCUT2D eigenvalue weighted by Gasteiger charge is 2.34. The third-order valence-electron chi connectivity index (χ3n) is 4.48. The van der Waals surface area contributed by atoms with Crippen molar-refractivity contribution in [3.05, 3.63) is 35.9 Å². The fourth-order valence-electron chi connectivity index (χ4n) is 3.04. The van der Waals surface area contributed by atoms with E-state index in [4.69, 9.17) is 0 Å². The van der Waals surface area contributed by atoms with E-state index in [1.807, 2.05) is 0 Å². The maximum Gasteiger partial charge on any atom is 0.387 e. The molecule has 130 valence electrons. The molecule has 4 nitrogen and oxygen atoms in total. The van der Waals surface area contributed by atoms with E-state index in [-0.39, 0.29) is 11.7 Å². The van der Waals surface area contributed by atoms with Crippen LogP contribution in [0.5, 0.6) is 5.75 Å². The molecule has 1 amide bonds. The molecule has 1 saturated heterocycles. The Morgan fingerprint density at radius 3 is 2.71 bits per heavy atom. The SMILES string of the molecule is O=C(/C=C/c1ccc(OC(F)F)cc1)NCC1CCN(C2CC2)C1. The fraction of sp³-hybridized carbons (Fsp3) is 0.500. The number of benzene rings is 1. The van der Waals surface area contributed by atoms with Gasteiger partial charge in [0.25, 0.3) is 0 Å². The van der Waals surface area contributed by atoms with E-state index in [1.54, 1.807) is 18.2 Å². The number of ether oxygens (including phenoxy) is 1. The van der Waals surface area contributed by atoms with Gasteiger partial charge in [-0.3, -0.25) is 4.79 Å². The Balaban J connectivity index is 1.40. The molecule has 0 radical (unpaired) electrons. The molecule has 1 aliphatic heterocycles. The highest BCUT2D eigenvalue weighted by molar-refractivity contribution is 5.91. The quantitative estimate of drug-likeness (QED) is 0.779. The van der Waals surface area contributed by atoms with Crippen molar-refractivity contribution in [2.45, 2.75) is 31.9 Å². The van der Waals surface area contributed by atoms with Crippen LogP contribution < -0.4 is 10.1 Å². The van der Waals surface area contributed by atoms with Crippen LogP contribution in [0.3, 0.4) is 0 Å². The molecule has 1 unspecified atom stereocenters. The van der Waals surface area contributed by atoms with Crippen LogP contribution in [0.1, 0.15) is 24.8 Å². The number of nitrogens with zero attached hydrogens (tertiary/aromatic N) is 1. The van der Waals surface area contributed by atoms with Gasteiger partial charge >= 0.3 is 6.61 Å². The predicted octanol–water partition coefficient (Wildman–Crippen LogP) is 2.90. The van der Waals surface area contributed by atoms with Gasteiger partial charge in [-0.25, -0.2) is 0 Å². The highest BCUT2D eigenvalue weighted by Crippen LogP contribution is 2.31. The van der Waals surface area contributed by atoms with Gasteiger partial charge in [-0.2, -0.15) is 8.78 Å². The van der Waals surface area contributed by atoms with Crippen LogP contribution in [-0.2, 0) is 4.79 Å². The number of rotatable bonds is 7. The number of carbonyl (C=O) groups is 1. The molecule has 0 spiro atoms. The summed E-state index contributed by atoms with van der Waals surface area (Å²) < 4.78 is 28.4. The molecule has 1 aromatic rings. The molecule has 6 heteroatoms. The van der Waals surface area contributed by atoms with Crippen molar-refractivity contribution >= 4 is 12.0 Å². The van der Waals surface area contributed by atoms with Gasteiger partial charge in [0, 0.05) is 25.2 Å². The average Bonchev–Trinajstić information content (AvgIpc) is 3.30. The third kappa shape index (κ3) is 5.03. The van der Waals surface area contributed by atoms with E-state index in [0.717, 1.165) is 31.1 Å². The number of carbonyl (C=O) groups excluding carboxylic acids is 1. The van der Waals surface area contributed by atoms with Crippen molar-refractivity contribution in [3.63, 3.8) is 0 Å². The number of likely N-dealkylation sites (tertiary alicyclic amines) is 1. The molecule has 2 aliphatic rings. The maximum atomic E-state index is 12.1. The summed E-state index contributed by atoms with van der Waals surface area (Å²) in [5.41, 5.74) is 0.757. The Morgan fingerprint density at radius 2 is 2.04 bits per heavy atom. The molecule has 24 heavy (non-hydrogen) atoms. The van der Waals surface area contributed by atoms with Crippen LogP contribution in [0.15, 0.2) is 30.3 Å². The number of nitrogens with one attached hydrogen (secondary N) is 1. The first-order valence-corrected chi connectivity index (χ1v) is 8.35. The van der Waals surface area contributed by atoms with E-state index in [9.17, 15) is 13.6 Å². The third-order valence-corrected chi connectivity index (χ3v) is 4.48. The number of alkyl halides is 2. The van der Waals surface area contributed by atoms with Gasteiger partial charge in [0.2, 0.25) is 5.91 Å². The Bertz CT molecular complexity index is 585. The maximum absolute atomic E-state index is 12.1. The molecule has 1 saturated carbocycles. The lowest BCUT2D eigenvalue weighted by Gasteiger charge is -2.14. The van der Waals surface area contributed by atoms with E-state index >= 15 is 0 Å². The molecule has 0 bridgehead atoms. The monoisotopic (exact) mass is 336 g/mol. The van der Waals surface area contributed by atoms with Gasteiger partial charge in [0.05, 0.1) is 0 Å². The summed E-state index contributed by atoms with van der Waals surface area (Å²) in [6.07, 6.45) is 6.92. The summed E-state index contributed by atoms with van der Waals surface area (Å²) in [5, 5.41) is 2.94. The van der Waals surface area contributed by atoms with Crippen molar-refractivity contribution in [2.75, 3.05) is 19.6 Å². The lowest BCUT2D eigenvalue weighted by atomic mass is 10.1. The van der Waals surface area contributed by atoms with E-state index in [0.29, 0.717) is 12.5 Å². The molecule has 0 aromatic heterocycles. The molecule has 3 rings (SSSR count). The molecular weight excluding hydrogens is 314 g/mol. The van der Waals surface area contributed by atoms with Crippen molar-refractivity contribution in [2.24, 2.45) is 5.92 Å². The molecule has 1 N–H and O–H groups in total. The lowest BCUT2D eigenvalue weighted by molar-refractivity contribution is -0.116. The topological polar surface area (TPSA) is 41.6 Å². The molecule has 1 heterocycles. The van der Waals surface area contributed by atoms with Crippen molar-refractivity contribution in [3.8, 4) is 5.75 Å². The molecule has 1 aromatic carbocycles. The zero-order chi connectivity index (χ0) is 16.9. The summed E-state index contributed by atoms with van der Waals surface area (Å²) in [6, 6.07) is 6.96. The second-order valence-corrected chi connectivity index (χ2v) is 6.41. The summed E-state index contributed by atoms with van der Waals surface area (Å²) in [4.78, 5) is 14.4. The van der Waals surface area contributed by atoms with Crippen LogP contribution in [0.4, 0.5) is 8.78 Å². The van der Waals surface area contributed by atoms with Gasteiger partial charge in [-0.15, -0.1) is 0 Å². The number of hydrogen-bond donors (Lipinski definition) is 1. The number of hydrogen-bond acceptors (Lipinski definition) is 3. The second-order valence-electron chi connectivity index (χ2n) is 6.41. The van der Waals surface area contributed by atoms with Crippen molar-refractivity contribution in [1.29, 1.82) is 0 Å². The Labute approximate surface area is 140 Å². The molecule has 1 aliphatic carbocycles. The zero-order valence-electron chi connectivity index (χ0n) is 13.5. The van der Waals surface area contributed by atoms with Crippen molar-refractivity contribution < 1.29 is 18.3 Å². The van der Waals surface area contributed by atoms with E-state index in [1.165, 1.54) is 31.1 Å². The minimum atomic E-state index is -2.83. The highest BCUT2D eigenvalue weighted by atomic mass is 19.3. The Kier molecular flexibility index (Phi) is 5.45. The van der Waals surface area contributed by atoms with Gasteiger partial charge in [0.15, 0.2) is 0 Å². The van der Waals surface area contributed by atoms with Crippen LogP contribution in [0.25, 0.3) is 6.08 Å². The smallest absolute Gasteiger partial charge is 0.387 e. The fourth-order valence-corrected chi connectivity index (χ4v) is 3.04. The van der Waals surface area contributed by atoms with Crippen LogP contribution in [0, 0.1) is 5.92 Å². The number of amides is 1. The van der Waals surface area contributed by atoms with Crippen LogP contribution >= 0.6 is 0 Å². The van der Waals surface area contributed by atoms with Gasteiger partial charge in [0.1, 0.15) is 5.75 Å². The van der Waals surface area contributed by atoms with Crippen molar-refractivity contribution in [1.82, 2.24) is 10.2 Å². The van der Waals surface area contributed by atoms with Crippen LogP contribution in [0.2, 0.25) is 0 Å². The van der Waals surface area contributed by atoms with E-state index in [2.05, 4.69) is 15.0 Å². The first-order valence-electron chi connectivity index (χ1n) is 8.35. The normalized spacial score (nSPS) is 21.5. The minimum Gasteiger partial charge on any atom is -0.435 e. The second kappa shape index (κ2) is 7.75. The summed E-state index contributed by atoms with van der Waals surface area (Å²) >= 11 is 0. The summed E-state index contributed by atoms with van der Waals surface area (Å²) in [7, 11) is 0. The van der Waals surface area contributed by atoms with Gasteiger partial charge in [-0.05, 0) is 55.5 Å². The first kappa shape index (κ1) is 16.9. The lowest BCUT2D eigenvalue weighted by Crippen LogP contribution is -2.30. The largest absolute Gasteiger partial charge is 0.435 e. The van der Waals surface area contributed by atoms with Gasteiger partial charge in [-0.1, -0.05) is 12.1 Å². The van der Waals surface area contributed by atoms with Crippen LogP contribution in [-0.4, -0.2) is 43.1 Å².